The Kier molecular flexibility index (Phi) is 5.77. The molecule has 2 amide bonds. The van der Waals surface area contributed by atoms with Crippen LogP contribution >= 0.6 is 11.6 Å². The average molecular weight is 473 g/mol. The van der Waals surface area contributed by atoms with Gasteiger partial charge in [0.2, 0.25) is 5.82 Å². The fourth-order valence-electron chi connectivity index (χ4n) is 4.00. The van der Waals surface area contributed by atoms with E-state index in [2.05, 4.69) is 15.5 Å². The number of nitrogens with one attached hydrogen (secondary N) is 1. The molecule has 1 atom stereocenters. The first-order valence-electron chi connectivity index (χ1n) is 10.7. The van der Waals surface area contributed by atoms with E-state index in [1.54, 1.807) is 36.3 Å². The number of ether oxygens (including phenoxy) is 1. The predicted molar refractivity (Wildman–Crippen MR) is 131 cm³/mol. The number of anilines is 1. The first kappa shape index (κ1) is 21.7. The third-order valence-electron chi connectivity index (χ3n) is 5.71. The molecule has 4 aromatic rings. The molecule has 1 aliphatic rings. The van der Waals surface area contributed by atoms with Crippen molar-refractivity contribution in [2.24, 2.45) is 0 Å². The maximum absolute atomic E-state index is 13.3. The number of hydrogen-bond donors (Lipinski definition) is 1. The van der Waals surface area contributed by atoms with Gasteiger partial charge in [-0.25, -0.2) is 4.79 Å². The molecule has 0 radical (unpaired) electrons. The summed E-state index contributed by atoms with van der Waals surface area (Å²) in [6.07, 6.45) is 0. The van der Waals surface area contributed by atoms with Gasteiger partial charge in [-0.2, -0.15) is 4.98 Å². The van der Waals surface area contributed by atoms with Crippen LogP contribution in [0.4, 0.5) is 10.5 Å². The average Bonchev–Trinajstić information content (AvgIpc) is 3.35. The molecule has 0 aliphatic carbocycles. The van der Waals surface area contributed by atoms with Crippen LogP contribution in [0.1, 0.15) is 24.4 Å². The number of amides is 2. The van der Waals surface area contributed by atoms with Gasteiger partial charge in [0.15, 0.2) is 0 Å². The molecule has 1 N–H and O–H groups in total. The second kappa shape index (κ2) is 9.03. The monoisotopic (exact) mass is 472 g/mol. The minimum absolute atomic E-state index is 0.269. The highest BCUT2D eigenvalue weighted by Crippen LogP contribution is 2.39. The zero-order valence-electron chi connectivity index (χ0n) is 18.5. The summed E-state index contributed by atoms with van der Waals surface area (Å²) in [5.41, 5.74) is 3.75. The molecule has 1 unspecified atom stereocenters. The fraction of sp³-hybridized carbons (Fsp3) is 0.115. The van der Waals surface area contributed by atoms with Crippen LogP contribution in [-0.2, 0) is 0 Å². The van der Waals surface area contributed by atoms with Crippen molar-refractivity contribution in [3.05, 3.63) is 101 Å². The number of carbonyl (C=O) groups excluding carboxylic acids is 1. The second-order valence-corrected chi connectivity index (χ2v) is 8.19. The minimum atomic E-state index is -0.497. The van der Waals surface area contributed by atoms with Crippen LogP contribution in [0.3, 0.4) is 0 Å². The summed E-state index contributed by atoms with van der Waals surface area (Å²) in [7, 11) is 1.60. The van der Waals surface area contributed by atoms with E-state index in [0.717, 1.165) is 11.1 Å². The lowest BCUT2D eigenvalue weighted by atomic mass is 9.94. The van der Waals surface area contributed by atoms with Crippen molar-refractivity contribution in [1.82, 2.24) is 15.5 Å². The Labute approximate surface area is 201 Å². The van der Waals surface area contributed by atoms with Gasteiger partial charge in [0, 0.05) is 16.3 Å². The number of hydrogen-bond acceptors (Lipinski definition) is 5. The lowest BCUT2D eigenvalue weighted by Gasteiger charge is -2.35. The van der Waals surface area contributed by atoms with Gasteiger partial charge < -0.3 is 14.6 Å². The minimum Gasteiger partial charge on any atom is -0.497 e. The smallest absolute Gasteiger partial charge is 0.326 e. The first-order chi connectivity index (χ1) is 16.5. The molecule has 8 heteroatoms. The van der Waals surface area contributed by atoms with E-state index >= 15 is 0 Å². The van der Waals surface area contributed by atoms with E-state index in [-0.39, 0.29) is 6.03 Å². The topological polar surface area (TPSA) is 80.5 Å². The van der Waals surface area contributed by atoms with Crippen LogP contribution in [0.2, 0.25) is 5.02 Å². The molecule has 34 heavy (non-hydrogen) atoms. The standard InChI is InChI=1S/C26H21ClN4O3/c1-16-22(25-29-24(30-34-25)18-6-4-3-5-7-18)23(17-8-10-19(27)11-9-17)28-26(32)31(16)20-12-14-21(33-2)15-13-20/h3-15,23H,1-2H3,(H,28,32). The van der Waals surface area contributed by atoms with Gasteiger partial charge in [-0.15, -0.1) is 0 Å². The number of methoxy groups -OCH3 is 1. The molecular formula is C26H21ClN4O3. The van der Waals surface area contributed by atoms with E-state index in [0.29, 0.717) is 39.4 Å². The first-order valence-corrected chi connectivity index (χ1v) is 11.0. The van der Waals surface area contributed by atoms with Crippen LogP contribution in [-0.4, -0.2) is 23.3 Å². The zero-order chi connectivity index (χ0) is 23.7. The number of benzene rings is 3. The Morgan fingerprint density at radius 2 is 1.71 bits per heavy atom. The number of aromatic nitrogens is 2. The van der Waals surface area contributed by atoms with Crippen molar-refractivity contribution in [2.45, 2.75) is 13.0 Å². The summed E-state index contributed by atoms with van der Waals surface area (Å²) < 4.78 is 11.0. The SMILES string of the molecule is COc1ccc(N2C(=O)NC(c3ccc(Cl)cc3)C(c3nc(-c4ccccc4)no3)=C2C)cc1. The normalized spacial score (nSPS) is 15.9. The highest BCUT2D eigenvalue weighted by molar-refractivity contribution is 6.30. The number of carbonyl (C=O) groups is 1. The molecular weight excluding hydrogens is 452 g/mol. The Morgan fingerprint density at radius 1 is 1.00 bits per heavy atom. The molecule has 0 bridgehead atoms. The summed E-state index contributed by atoms with van der Waals surface area (Å²) in [5.74, 6) is 1.50. The number of nitrogens with zero attached hydrogens (tertiary/aromatic N) is 3. The van der Waals surface area contributed by atoms with E-state index in [9.17, 15) is 4.79 Å². The van der Waals surface area contributed by atoms with Crippen molar-refractivity contribution >= 4 is 28.9 Å². The largest absolute Gasteiger partial charge is 0.497 e. The molecule has 0 saturated heterocycles. The summed E-state index contributed by atoms with van der Waals surface area (Å²) in [5, 5.41) is 7.88. The molecule has 7 nitrogen and oxygen atoms in total. The Hall–Kier alpha value is -4.10. The predicted octanol–water partition coefficient (Wildman–Crippen LogP) is 6.10. The van der Waals surface area contributed by atoms with Crippen molar-refractivity contribution in [3.63, 3.8) is 0 Å². The molecule has 0 fully saturated rings. The van der Waals surface area contributed by atoms with Gasteiger partial charge >= 0.3 is 6.03 Å². The van der Waals surface area contributed by atoms with Crippen LogP contribution in [0.25, 0.3) is 17.0 Å². The quantitative estimate of drug-likeness (QED) is 0.379. The second-order valence-electron chi connectivity index (χ2n) is 7.76. The van der Waals surface area contributed by atoms with Gasteiger partial charge in [0.1, 0.15) is 5.75 Å². The van der Waals surface area contributed by atoms with Crippen LogP contribution < -0.4 is 15.0 Å². The molecule has 0 saturated carbocycles. The lowest BCUT2D eigenvalue weighted by molar-refractivity contribution is 0.244. The Balaban J connectivity index is 1.64. The Bertz CT molecular complexity index is 1350. The highest BCUT2D eigenvalue weighted by atomic mass is 35.5. The van der Waals surface area contributed by atoms with Gasteiger partial charge in [-0.05, 0) is 48.9 Å². The third-order valence-corrected chi connectivity index (χ3v) is 5.96. The number of allylic oxidation sites excluding steroid dienone is 1. The summed E-state index contributed by atoms with van der Waals surface area (Å²) in [4.78, 5) is 19.5. The van der Waals surface area contributed by atoms with E-state index in [1.807, 2.05) is 61.5 Å². The van der Waals surface area contributed by atoms with E-state index in [1.165, 1.54) is 0 Å². The molecule has 2 heterocycles. The van der Waals surface area contributed by atoms with Gasteiger partial charge in [0.25, 0.3) is 5.89 Å². The molecule has 3 aromatic carbocycles. The maximum Gasteiger partial charge on any atom is 0.326 e. The molecule has 1 aromatic heterocycles. The highest BCUT2D eigenvalue weighted by Gasteiger charge is 2.36. The Morgan fingerprint density at radius 3 is 2.38 bits per heavy atom. The van der Waals surface area contributed by atoms with Crippen LogP contribution in [0.15, 0.2) is 89.1 Å². The number of halogens is 1. The van der Waals surface area contributed by atoms with Gasteiger partial charge in [-0.1, -0.05) is 59.2 Å². The molecule has 170 valence electrons. The lowest BCUT2D eigenvalue weighted by Crippen LogP contribution is -2.46. The van der Waals surface area contributed by atoms with Crippen LogP contribution in [0, 0.1) is 0 Å². The van der Waals surface area contributed by atoms with Crippen molar-refractivity contribution in [3.8, 4) is 17.1 Å². The summed E-state index contributed by atoms with van der Waals surface area (Å²) >= 11 is 6.10. The van der Waals surface area contributed by atoms with E-state index < -0.39 is 6.04 Å². The van der Waals surface area contributed by atoms with Crippen molar-refractivity contribution < 1.29 is 14.1 Å². The molecule has 0 spiro atoms. The zero-order valence-corrected chi connectivity index (χ0v) is 19.3. The summed E-state index contributed by atoms with van der Waals surface area (Å²) in [6, 6.07) is 23.4. The number of rotatable bonds is 5. The molecule has 5 rings (SSSR count). The molecule has 1 aliphatic heterocycles. The third kappa shape index (κ3) is 4.02. The van der Waals surface area contributed by atoms with Crippen molar-refractivity contribution in [1.29, 1.82) is 0 Å². The van der Waals surface area contributed by atoms with Crippen LogP contribution in [0.5, 0.6) is 5.75 Å². The fourth-order valence-corrected chi connectivity index (χ4v) is 4.13. The van der Waals surface area contributed by atoms with Crippen molar-refractivity contribution in [2.75, 3.05) is 12.0 Å². The van der Waals surface area contributed by atoms with Gasteiger partial charge in [0.05, 0.1) is 24.4 Å². The maximum atomic E-state index is 13.3. The number of urea groups is 1. The summed E-state index contributed by atoms with van der Waals surface area (Å²) in [6.45, 7) is 1.87. The van der Waals surface area contributed by atoms with E-state index in [4.69, 9.17) is 20.9 Å². The van der Waals surface area contributed by atoms with Gasteiger partial charge in [-0.3, -0.25) is 4.90 Å².